The second kappa shape index (κ2) is 7.44. The number of nitrogens with zero attached hydrogens (tertiary/aromatic N) is 2. The zero-order valence-corrected chi connectivity index (χ0v) is 10.9. The van der Waals surface area contributed by atoms with E-state index >= 15 is 0 Å². The van der Waals surface area contributed by atoms with Crippen LogP contribution in [0.2, 0.25) is 0 Å². The molecule has 0 saturated carbocycles. The maximum Gasteiger partial charge on any atom is 0.0518 e. The van der Waals surface area contributed by atoms with E-state index in [0.717, 1.165) is 19.5 Å². The lowest BCUT2D eigenvalue weighted by Gasteiger charge is -2.12. The third kappa shape index (κ3) is 5.31. The van der Waals surface area contributed by atoms with E-state index in [-0.39, 0.29) is 0 Å². The lowest BCUT2D eigenvalue weighted by molar-refractivity contribution is 0.467. The third-order valence-electron chi connectivity index (χ3n) is 2.81. The first-order valence-electron chi connectivity index (χ1n) is 6.44. The smallest absolute Gasteiger partial charge is 0.0518 e. The molecule has 0 bridgehead atoms. The van der Waals surface area contributed by atoms with Gasteiger partial charge in [0.05, 0.1) is 6.20 Å². The Morgan fingerprint density at radius 3 is 2.88 bits per heavy atom. The first-order valence-corrected chi connectivity index (χ1v) is 6.44. The van der Waals surface area contributed by atoms with Crippen LogP contribution in [0.3, 0.4) is 0 Å². The van der Waals surface area contributed by atoms with Gasteiger partial charge in [-0.15, -0.1) is 0 Å². The normalized spacial score (nSPS) is 12.9. The summed E-state index contributed by atoms with van der Waals surface area (Å²) in [6, 6.07) is 0.652. The van der Waals surface area contributed by atoms with Crippen molar-refractivity contribution >= 4 is 0 Å². The molecular formula is C13H25N3. The van der Waals surface area contributed by atoms with Crippen molar-refractivity contribution in [1.29, 1.82) is 0 Å². The average molecular weight is 223 g/mol. The molecule has 0 spiro atoms. The van der Waals surface area contributed by atoms with E-state index in [1.165, 1.54) is 24.8 Å². The Balaban J connectivity index is 2.03. The van der Waals surface area contributed by atoms with Gasteiger partial charge in [-0.25, -0.2) is 0 Å². The van der Waals surface area contributed by atoms with Gasteiger partial charge < -0.3 is 5.32 Å². The SMILES string of the molecule is CCCCC(C)NCCCn1cc(C)cn1. The van der Waals surface area contributed by atoms with Crippen molar-refractivity contribution in [3.8, 4) is 0 Å². The molecule has 0 aliphatic rings. The van der Waals surface area contributed by atoms with Crippen molar-refractivity contribution in [2.75, 3.05) is 6.54 Å². The first kappa shape index (κ1) is 13.2. The minimum absolute atomic E-state index is 0.652. The summed E-state index contributed by atoms with van der Waals surface area (Å²) < 4.78 is 2.02. The Bertz CT molecular complexity index is 280. The highest BCUT2D eigenvalue weighted by molar-refractivity contribution is 4.99. The number of rotatable bonds is 8. The van der Waals surface area contributed by atoms with E-state index in [1.54, 1.807) is 0 Å². The molecule has 1 aromatic rings. The van der Waals surface area contributed by atoms with E-state index in [4.69, 9.17) is 0 Å². The predicted octanol–water partition coefficient (Wildman–Crippen LogP) is 2.75. The summed E-state index contributed by atoms with van der Waals surface area (Å²) in [5, 5.41) is 7.82. The minimum atomic E-state index is 0.652. The molecule has 1 atom stereocenters. The van der Waals surface area contributed by atoms with E-state index in [9.17, 15) is 0 Å². The van der Waals surface area contributed by atoms with Crippen molar-refractivity contribution in [3.05, 3.63) is 18.0 Å². The summed E-state index contributed by atoms with van der Waals surface area (Å²) in [5.74, 6) is 0. The molecule has 3 heteroatoms. The van der Waals surface area contributed by atoms with Crippen LogP contribution in [0.15, 0.2) is 12.4 Å². The number of hydrogen-bond acceptors (Lipinski definition) is 2. The molecule has 92 valence electrons. The molecule has 0 fully saturated rings. The van der Waals surface area contributed by atoms with Gasteiger partial charge in [-0.2, -0.15) is 5.10 Å². The number of aryl methyl sites for hydroxylation is 2. The lowest BCUT2D eigenvalue weighted by atomic mass is 10.1. The van der Waals surface area contributed by atoms with Gasteiger partial charge in [-0.1, -0.05) is 19.8 Å². The minimum Gasteiger partial charge on any atom is -0.314 e. The molecule has 0 radical (unpaired) electrons. The fourth-order valence-electron chi connectivity index (χ4n) is 1.79. The van der Waals surface area contributed by atoms with Gasteiger partial charge in [-0.05, 0) is 38.8 Å². The highest BCUT2D eigenvalue weighted by Gasteiger charge is 1.99. The summed E-state index contributed by atoms with van der Waals surface area (Å²) in [4.78, 5) is 0. The Morgan fingerprint density at radius 1 is 1.44 bits per heavy atom. The Hall–Kier alpha value is -0.830. The van der Waals surface area contributed by atoms with Crippen molar-refractivity contribution in [3.63, 3.8) is 0 Å². The maximum absolute atomic E-state index is 4.27. The lowest BCUT2D eigenvalue weighted by Crippen LogP contribution is -2.27. The van der Waals surface area contributed by atoms with E-state index < -0.39 is 0 Å². The van der Waals surface area contributed by atoms with Crippen LogP contribution in [0.1, 0.15) is 45.1 Å². The van der Waals surface area contributed by atoms with Crippen molar-refractivity contribution < 1.29 is 0 Å². The molecule has 0 aliphatic heterocycles. The molecule has 1 rings (SSSR count). The van der Waals surface area contributed by atoms with Gasteiger partial charge >= 0.3 is 0 Å². The zero-order chi connectivity index (χ0) is 11.8. The van der Waals surface area contributed by atoms with Crippen LogP contribution < -0.4 is 5.32 Å². The van der Waals surface area contributed by atoms with E-state index in [1.807, 2.05) is 10.9 Å². The van der Waals surface area contributed by atoms with Crippen LogP contribution >= 0.6 is 0 Å². The van der Waals surface area contributed by atoms with Gasteiger partial charge in [0.25, 0.3) is 0 Å². The van der Waals surface area contributed by atoms with Crippen LogP contribution in [0, 0.1) is 6.92 Å². The Morgan fingerprint density at radius 2 is 2.25 bits per heavy atom. The number of aromatic nitrogens is 2. The molecule has 1 unspecified atom stereocenters. The summed E-state index contributed by atoms with van der Waals surface area (Å²) in [6.45, 7) is 8.69. The third-order valence-corrected chi connectivity index (χ3v) is 2.81. The van der Waals surface area contributed by atoms with Crippen LogP contribution in [0.25, 0.3) is 0 Å². The highest BCUT2D eigenvalue weighted by Crippen LogP contribution is 2.00. The van der Waals surface area contributed by atoms with Crippen LogP contribution in [-0.4, -0.2) is 22.4 Å². The monoisotopic (exact) mass is 223 g/mol. The zero-order valence-electron chi connectivity index (χ0n) is 10.9. The largest absolute Gasteiger partial charge is 0.314 e. The molecule has 0 aromatic carbocycles. The molecule has 0 amide bonds. The van der Waals surface area contributed by atoms with Gasteiger partial charge in [0, 0.05) is 18.8 Å². The van der Waals surface area contributed by atoms with Crippen LogP contribution in [-0.2, 0) is 6.54 Å². The fourth-order valence-corrected chi connectivity index (χ4v) is 1.79. The topological polar surface area (TPSA) is 29.9 Å². The fraction of sp³-hybridized carbons (Fsp3) is 0.769. The number of nitrogens with one attached hydrogen (secondary N) is 1. The molecule has 16 heavy (non-hydrogen) atoms. The molecule has 1 heterocycles. The summed E-state index contributed by atoms with van der Waals surface area (Å²) in [7, 11) is 0. The van der Waals surface area contributed by atoms with Gasteiger partial charge in [0.2, 0.25) is 0 Å². The molecule has 0 aliphatic carbocycles. The van der Waals surface area contributed by atoms with Gasteiger partial charge in [0.1, 0.15) is 0 Å². The van der Waals surface area contributed by atoms with Gasteiger partial charge in [0.15, 0.2) is 0 Å². The number of hydrogen-bond donors (Lipinski definition) is 1. The first-order chi connectivity index (χ1) is 7.72. The van der Waals surface area contributed by atoms with Crippen LogP contribution in [0.5, 0.6) is 0 Å². The highest BCUT2D eigenvalue weighted by atomic mass is 15.3. The molecule has 1 aromatic heterocycles. The number of unbranched alkanes of at least 4 members (excludes halogenated alkanes) is 1. The van der Waals surface area contributed by atoms with Crippen LogP contribution in [0.4, 0.5) is 0 Å². The summed E-state index contributed by atoms with van der Waals surface area (Å²) in [5.41, 5.74) is 1.24. The quantitative estimate of drug-likeness (QED) is 0.687. The predicted molar refractivity (Wildman–Crippen MR) is 68.6 cm³/mol. The Kier molecular flexibility index (Phi) is 6.16. The molecule has 3 nitrogen and oxygen atoms in total. The standard InChI is InChI=1S/C13H25N3/c1-4-5-7-13(3)14-8-6-9-16-11-12(2)10-15-16/h10-11,13-14H,4-9H2,1-3H3. The average Bonchev–Trinajstić information content (AvgIpc) is 2.67. The Labute approximate surface area is 99.2 Å². The van der Waals surface area contributed by atoms with Crippen molar-refractivity contribution in [2.45, 2.75) is 59.0 Å². The van der Waals surface area contributed by atoms with Gasteiger partial charge in [-0.3, -0.25) is 4.68 Å². The second-order valence-electron chi connectivity index (χ2n) is 4.63. The van der Waals surface area contributed by atoms with E-state index in [0.29, 0.717) is 6.04 Å². The summed E-state index contributed by atoms with van der Waals surface area (Å²) in [6.07, 6.45) is 9.07. The second-order valence-corrected chi connectivity index (χ2v) is 4.63. The molecular weight excluding hydrogens is 198 g/mol. The molecule has 0 saturated heterocycles. The summed E-state index contributed by atoms with van der Waals surface area (Å²) >= 11 is 0. The van der Waals surface area contributed by atoms with Crippen molar-refractivity contribution in [1.82, 2.24) is 15.1 Å². The van der Waals surface area contributed by atoms with Crippen molar-refractivity contribution in [2.24, 2.45) is 0 Å². The maximum atomic E-state index is 4.27. The van der Waals surface area contributed by atoms with E-state index in [2.05, 4.69) is 37.4 Å². The molecule has 1 N–H and O–H groups in total.